The van der Waals surface area contributed by atoms with Gasteiger partial charge in [-0.25, -0.2) is 4.79 Å². The van der Waals surface area contributed by atoms with Crippen molar-refractivity contribution in [3.8, 4) is 5.75 Å². The Balaban J connectivity index is 1.78. The van der Waals surface area contributed by atoms with Crippen molar-refractivity contribution >= 4 is 6.03 Å². The maximum Gasteiger partial charge on any atom is 0.317 e. The number of carbonyl (C=O) groups excluding carboxylic acids is 1. The first-order valence-corrected chi connectivity index (χ1v) is 8.50. The van der Waals surface area contributed by atoms with Gasteiger partial charge in [0.05, 0.1) is 0 Å². The van der Waals surface area contributed by atoms with Crippen LogP contribution in [0.4, 0.5) is 4.79 Å². The number of nitrogens with zero attached hydrogens (tertiary/aromatic N) is 3. The van der Waals surface area contributed by atoms with E-state index in [1.54, 1.807) is 11.9 Å². The number of rotatable bonds is 8. The monoisotopic (exact) mass is 346 g/mol. The topological polar surface area (TPSA) is 80.5 Å². The molecule has 25 heavy (non-hydrogen) atoms. The van der Waals surface area contributed by atoms with Crippen LogP contribution in [-0.2, 0) is 13.0 Å². The van der Waals surface area contributed by atoms with Crippen molar-refractivity contribution in [1.29, 1.82) is 0 Å². The standard InChI is InChI=1S/C18H26N4O3/c1-5-14(3)19-18(23)22(4)10-9-16-20-17(25-21-16)12-24-15-8-6-7-13(2)11-15/h6-8,11,14H,5,9-10,12H2,1-4H3,(H,19,23). The molecule has 1 aromatic carbocycles. The summed E-state index contributed by atoms with van der Waals surface area (Å²) in [4.78, 5) is 17.9. The van der Waals surface area contributed by atoms with Gasteiger partial charge in [-0.3, -0.25) is 0 Å². The molecule has 1 aromatic heterocycles. The number of ether oxygens (including phenoxy) is 1. The van der Waals surface area contributed by atoms with Gasteiger partial charge in [-0.05, 0) is 38.0 Å². The molecule has 7 heteroatoms. The number of urea groups is 1. The lowest BCUT2D eigenvalue weighted by atomic mass is 10.2. The number of carbonyl (C=O) groups is 1. The number of benzene rings is 1. The van der Waals surface area contributed by atoms with Crippen LogP contribution in [0, 0.1) is 6.92 Å². The highest BCUT2D eigenvalue weighted by Gasteiger charge is 2.13. The molecule has 1 unspecified atom stereocenters. The Hall–Kier alpha value is -2.57. The molecule has 2 rings (SSSR count). The van der Waals surface area contributed by atoms with Crippen LogP contribution < -0.4 is 10.1 Å². The van der Waals surface area contributed by atoms with Gasteiger partial charge in [0.25, 0.3) is 5.89 Å². The number of aromatic nitrogens is 2. The number of likely N-dealkylation sites (N-methyl/N-ethyl adjacent to an activating group) is 1. The third-order valence-electron chi connectivity index (χ3n) is 3.86. The Labute approximate surface area is 148 Å². The van der Waals surface area contributed by atoms with Gasteiger partial charge < -0.3 is 19.5 Å². The molecule has 0 spiro atoms. The molecule has 0 radical (unpaired) electrons. The van der Waals surface area contributed by atoms with Crippen molar-refractivity contribution in [2.24, 2.45) is 0 Å². The van der Waals surface area contributed by atoms with E-state index in [-0.39, 0.29) is 18.7 Å². The van der Waals surface area contributed by atoms with Crippen molar-refractivity contribution in [1.82, 2.24) is 20.4 Å². The summed E-state index contributed by atoms with van der Waals surface area (Å²) >= 11 is 0. The Morgan fingerprint density at radius 3 is 2.96 bits per heavy atom. The van der Waals surface area contributed by atoms with Gasteiger partial charge in [0.1, 0.15) is 5.75 Å². The molecule has 0 aliphatic heterocycles. The predicted molar refractivity (Wildman–Crippen MR) is 94.4 cm³/mol. The molecule has 0 aliphatic carbocycles. The fourth-order valence-electron chi connectivity index (χ4n) is 2.09. The van der Waals surface area contributed by atoms with Crippen LogP contribution in [0.2, 0.25) is 0 Å². The van der Waals surface area contributed by atoms with E-state index in [4.69, 9.17) is 9.26 Å². The van der Waals surface area contributed by atoms with E-state index < -0.39 is 0 Å². The second-order valence-corrected chi connectivity index (χ2v) is 6.14. The van der Waals surface area contributed by atoms with Crippen molar-refractivity contribution < 1.29 is 14.1 Å². The lowest BCUT2D eigenvalue weighted by molar-refractivity contribution is 0.205. The number of hydrogen-bond acceptors (Lipinski definition) is 5. The molecule has 0 bridgehead atoms. The fraction of sp³-hybridized carbons (Fsp3) is 0.500. The van der Waals surface area contributed by atoms with E-state index in [0.29, 0.717) is 24.7 Å². The summed E-state index contributed by atoms with van der Waals surface area (Å²) in [6, 6.07) is 7.83. The van der Waals surface area contributed by atoms with E-state index in [0.717, 1.165) is 17.7 Å². The highest BCUT2D eigenvalue weighted by Crippen LogP contribution is 2.14. The van der Waals surface area contributed by atoms with Gasteiger partial charge in [0.2, 0.25) is 0 Å². The largest absolute Gasteiger partial charge is 0.484 e. The lowest BCUT2D eigenvalue weighted by Crippen LogP contribution is -2.42. The van der Waals surface area contributed by atoms with Gasteiger partial charge in [-0.2, -0.15) is 4.98 Å². The molecular weight excluding hydrogens is 320 g/mol. The fourth-order valence-corrected chi connectivity index (χ4v) is 2.09. The summed E-state index contributed by atoms with van der Waals surface area (Å²) in [6.07, 6.45) is 1.42. The van der Waals surface area contributed by atoms with Gasteiger partial charge in [-0.1, -0.05) is 24.2 Å². The van der Waals surface area contributed by atoms with Crippen LogP contribution in [0.25, 0.3) is 0 Å². The zero-order valence-electron chi connectivity index (χ0n) is 15.3. The minimum Gasteiger partial charge on any atom is -0.484 e. The summed E-state index contributed by atoms with van der Waals surface area (Å²) < 4.78 is 10.8. The second kappa shape index (κ2) is 9.05. The molecule has 1 atom stereocenters. The molecule has 1 heterocycles. The van der Waals surface area contributed by atoms with Crippen LogP contribution in [0.5, 0.6) is 5.75 Å². The molecule has 0 saturated heterocycles. The van der Waals surface area contributed by atoms with Crippen LogP contribution in [0.1, 0.15) is 37.5 Å². The average Bonchev–Trinajstić information content (AvgIpc) is 3.05. The van der Waals surface area contributed by atoms with E-state index in [2.05, 4.69) is 15.5 Å². The highest BCUT2D eigenvalue weighted by atomic mass is 16.5. The molecule has 0 aliphatic rings. The van der Waals surface area contributed by atoms with Gasteiger partial charge in [0, 0.05) is 26.1 Å². The van der Waals surface area contributed by atoms with Crippen molar-refractivity contribution in [3.05, 3.63) is 41.5 Å². The van der Waals surface area contributed by atoms with Crippen LogP contribution in [-0.4, -0.2) is 40.7 Å². The maximum absolute atomic E-state index is 12.0. The van der Waals surface area contributed by atoms with Gasteiger partial charge in [-0.15, -0.1) is 0 Å². The molecule has 2 aromatic rings. The normalized spacial score (nSPS) is 11.8. The number of nitrogens with one attached hydrogen (secondary N) is 1. The quantitative estimate of drug-likeness (QED) is 0.795. The maximum atomic E-state index is 12.0. The number of amides is 2. The molecule has 2 amide bonds. The minimum atomic E-state index is -0.0964. The van der Waals surface area contributed by atoms with E-state index in [9.17, 15) is 4.79 Å². The Morgan fingerprint density at radius 1 is 1.44 bits per heavy atom. The van der Waals surface area contributed by atoms with Crippen LogP contribution >= 0.6 is 0 Å². The summed E-state index contributed by atoms with van der Waals surface area (Å²) in [5.74, 6) is 1.75. The van der Waals surface area contributed by atoms with E-state index in [1.807, 2.05) is 45.0 Å². The predicted octanol–water partition coefficient (Wildman–Crippen LogP) is 2.94. The zero-order valence-corrected chi connectivity index (χ0v) is 15.3. The number of hydrogen-bond donors (Lipinski definition) is 1. The molecule has 7 nitrogen and oxygen atoms in total. The van der Waals surface area contributed by atoms with Crippen LogP contribution in [0.3, 0.4) is 0 Å². The minimum absolute atomic E-state index is 0.0964. The van der Waals surface area contributed by atoms with Gasteiger partial charge >= 0.3 is 6.03 Å². The average molecular weight is 346 g/mol. The first-order chi connectivity index (χ1) is 12.0. The molecule has 0 saturated carbocycles. The summed E-state index contributed by atoms with van der Waals surface area (Å²) in [5.41, 5.74) is 1.13. The first-order valence-electron chi connectivity index (χ1n) is 8.50. The molecule has 0 fully saturated rings. The van der Waals surface area contributed by atoms with Crippen LogP contribution in [0.15, 0.2) is 28.8 Å². The zero-order chi connectivity index (χ0) is 18.2. The third-order valence-corrected chi connectivity index (χ3v) is 3.86. The summed E-state index contributed by atoms with van der Waals surface area (Å²) in [7, 11) is 1.75. The molecule has 1 N–H and O–H groups in total. The lowest BCUT2D eigenvalue weighted by Gasteiger charge is -2.20. The first kappa shape index (κ1) is 18.8. The Morgan fingerprint density at radius 2 is 2.24 bits per heavy atom. The van der Waals surface area contributed by atoms with E-state index in [1.165, 1.54) is 0 Å². The molecule has 136 valence electrons. The van der Waals surface area contributed by atoms with Crippen molar-refractivity contribution in [2.75, 3.05) is 13.6 Å². The van der Waals surface area contributed by atoms with Crippen molar-refractivity contribution in [3.63, 3.8) is 0 Å². The SMILES string of the molecule is CCC(C)NC(=O)N(C)CCc1noc(COc2cccc(C)c2)n1. The van der Waals surface area contributed by atoms with E-state index >= 15 is 0 Å². The second-order valence-electron chi connectivity index (χ2n) is 6.14. The Kier molecular flexibility index (Phi) is 6.80. The summed E-state index contributed by atoms with van der Waals surface area (Å²) in [5, 5.41) is 6.85. The van der Waals surface area contributed by atoms with Gasteiger partial charge in [0.15, 0.2) is 12.4 Å². The highest BCUT2D eigenvalue weighted by molar-refractivity contribution is 5.74. The Bertz CT molecular complexity index is 686. The van der Waals surface area contributed by atoms with Crippen molar-refractivity contribution in [2.45, 2.75) is 46.3 Å². The number of aryl methyl sites for hydroxylation is 1. The smallest absolute Gasteiger partial charge is 0.317 e. The molecular formula is C18H26N4O3. The summed E-state index contributed by atoms with van der Waals surface area (Å²) in [6.45, 7) is 6.75. The third kappa shape index (κ3) is 6.10.